The second kappa shape index (κ2) is 7.85. The molecule has 6 nitrogen and oxygen atoms in total. The van der Waals surface area contributed by atoms with Crippen molar-refractivity contribution in [2.24, 2.45) is 5.92 Å². The van der Waals surface area contributed by atoms with E-state index in [1.54, 1.807) is 6.92 Å². The number of ether oxygens (including phenoxy) is 2. The summed E-state index contributed by atoms with van der Waals surface area (Å²) < 4.78 is 38.2. The third kappa shape index (κ3) is 4.06. The number of nitrogens with one attached hydrogen (secondary N) is 1. The molecule has 2 aromatic rings. The molecule has 1 N–H and O–H groups in total. The molecule has 0 bridgehead atoms. The lowest BCUT2D eigenvalue weighted by Gasteiger charge is -2.13. The van der Waals surface area contributed by atoms with Gasteiger partial charge in [0.2, 0.25) is 0 Å². The van der Waals surface area contributed by atoms with Crippen molar-refractivity contribution in [3.05, 3.63) is 29.5 Å². The molecule has 0 spiro atoms. The van der Waals surface area contributed by atoms with Crippen molar-refractivity contribution >= 4 is 5.97 Å². The Kier molecular flexibility index (Phi) is 5.83. The number of H-pyrrole nitrogens is 1. The first kappa shape index (κ1) is 17.8. The quantitative estimate of drug-likeness (QED) is 0.783. The van der Waals surface area contributed by atoms with Crippen LogP contribution in [0.15, 0.2) is 12.1 Å². The summed E-state index contributed by atoms with van der Waals surface area (Å²) in [5.74, 6) is -2.22. The highest BCUT2D eigenvalue weighted by atomic mass is 19.1. The van der Waals surface area contributed by atoms with Crippen LogP contribution in [0.25, 0.3) is 11.3 Å². The van der Waals surface area contributed by atoms with E-state index in [1.165, 1.54) is 0 Å². The molecule has 0 aliphatic carbocycles. The number of carbonyl (C=O) groups is 1. The van der Waals surface area contributed by atoms with Crippen LogP contribution in [-0.4, -0.2) is 34.6 Å². The van der Waals surface area contributed by atoms with Gasteiger partial charge in [-0.15, -0.1) is 5.10 Å². The number of hydrogen-bond donors (Lipinski definition) is 1. The lowest BCUT2D eigenvalue weighted by atomic mass is 10.1. The summed E-state index contributed by atoms with van der Waals surface area (Å²) in [7, 11) is 0. The van der Waals surface area contributed by atoms with Crippen LogP contribution in [0.1, 0.15) is 37.7 Å². The SMILES string of the molecule is CCOC(=O)c1n[nH]nc1-c1cc(F)cc(F)c1OCCC(C)C. The largest absolute Gasteiger partial charge is 0.490 e. The maximum Gasteiger partial charge on any atom is 0.361 e. The molecule has 0 saturated heterocycles. The Balaban J connectivity index is 2.42. The zero-order valence-electron chi connectivity index (χ0n) is 13.7. The number of rotatable bonds is 7. The molecule has 0 radical (unpaired) electrons. The van der Waals surface area contributed by atoms with Gasteiger partial charge in [0.15, 0.2) is 17.3 Å². The first-order valence-corrected chi connectivity index (χ1v) is 7.64. The molecule has 1 aromatic heterocycles. The van der Waals surface area contributed by atoms with E-state index in [0.29, 0.717) is 12.3 Å². The lowest BCUT2D eigenvalue weighted by Crippen LogP contribution is -2.08. The molecular weight excluding hydrogens is 320 g/mol. The number of aromatic nitrogens is 3. The predicted molar refractivity (Wildman–Crippen MR) is 82.6 cm³/mol. The van der Waals surface area contributed by atoms with E-state index in [-0.39, 0.29) is 35.9 Å². The third-order valence-corrected chi connectivity index (χ3v) is 3.22. The topological polar surface area (TPSA) is 77.1 Å². The van der Waals surface area contributed by atoms with Crippen molar-refractivity contribution in [1.29, 1.82) is 0 Å². The van der Waals surface area contributed by atoms with E-state index in [0.717, 1.165) is 12.1 Å². The molecule has 0 aliphatic heterocycles. The normalized spacial score (nSPS) is 10.9. The highest BCUT2D eigenvalue weighted by Gasteiger charge is 2.24. The summed E-state index contributed by atoms with van der Waals surface area (Å²) in [5, 5.41) is 9.81. The average molecular weight is 339 g/mol. The zero-order chi connectivity index (χ0) is 17.7. The number of benzene rings is 1. The van der Waals surface area contributed by atoms with Crippen LogP contribution in [0.5, 0.6) is 5.75 Å². The van der Waals surface area contributed by atoms with E-state index in [1.807, 2.05) is 13.8 Å². The number of hydrogen-bond acceptors (Lipinski definition) is 5. The van der Waals surface area contributed by atoms with Gasteiger partial charge in [-0.2, -0.15) is 10.3 Å². The second-order valence-corrected chi connectivity index (χ2v) is 5.54. The second-order valence-electron chi connectivity index (χ2n) is 5.54. The molecule has 0 amide bonds. The van der Waals surface area contributed by atoms with Crippen LogP contribution in [0, 0.1) is 17.6 Å². The number of esters is 1. The van der Waals surface area contributed by atoms with Gasteiger partial charge in [-0.3, -0.25) is 0 Å². The Bertz CT molecular complexity index is 717. The minimum atomic E-state index is -0.869. The highest BCUT2D eigenvalue weighted by Crippen LogP contribution is 2.34. The average Bonchev–Trinajstić information content (AvgIpc) is 2.98. The molecule has 0 fully saturated rings. The van der Waals surface area contributed by atoms with E-state index in [4.69, 9.17) is 9.47 Å². The molecule has 0 aliphatic rings. The Morgan fingerprint density at radius 3 is 2.71 bits per heavy atom. The van der Waals surface area contributed by atoms with Gasteiger partial charge in [-0.05, 0) is 25.3 Å². The highest BCUT2D eigenvalue weighted by molar-refractivity contribution is 5.94. The van der Waals surface area contributed by atoms with E-state index < -0.39 is 17.6 Å². The van der Waals surface area contributed by atoms with Crippen molar-refractivity contribution < 1.29 is 23.0 Å². The Labute approximate surface area is 138 Å². The summed E-state index contributed by atoms with van der Waals surface area (Å²) in [6.45, 7) is 6.03. The van der Waals surface area contributed by atoms with Crippen molar-refractivity contribution in [1.82, 2.24) is 15.4 Å². The minimum absolute atomic E-state index is 0.00746. The van der Waals surface area contributed by atoms with Crippen LogP contribution in [0.2, 0.25) is 0 Å². The fraction of sp³-hybridized carbons (Fsp3) is 0.438. The molecule has 1 heterocycles. The molecule has 1 aromatic carbocycles. The van der Waals surface area contributed by atoms with E-state index >= 15 is 0 Å². The van der Waals surface area contributed by atoms with Crippen molar-refractivity contribution in [3.8, 4) is 17.0 Å². The van der Waals surface area contributed by atoms with Gasteiger partial charge in [0, 0.05) is 6.07 Å². The smallest absolute Gasteiger partial charge is 0.361 e. The summed E-state index contributed by atoms with van der Waals surface area (Å²) in [5.41, 5.74) is -0.171. The van der Waals surface area contributed by atoms with Crippen LogP contribution in [-0.2, 0) is 4.74 Å². The number of aromatic amines is 1. The number of nitrogens with zero attached hydrogens (tertiary/aromatic N) is 2. The monoisotopic (exact) mass is 339 g/mol. The fourth-order valence-electron chi connectivity index (χ4n) is 2.04. The first-order valence-electron chi connectivity index (χ1n) is 7.64. The van der Waals surface area contributed by atoms with Gasteiger partial charge >= 0.3 is 5.97 Å². The molecule has 130 valence electrons. The van der Waals surface area contributed by atoms with Crippen molar-refractivity contribution in [2.75, 3.05) is 13.2 Å². The lowest BCUT2D eigenvalue weighted by molar-refractivity contribution is 0.0520. The molecule has 0 atom stereocenters. The van der Waals surface area contributed by atoms with E-state index in [2.05, 4.69) is 15.4 Å². The van der Waals surface area contributed by atoms with Crippen LogP contribution < -0.4 is 4.74 Å². The summed E-state index contributed by atoms with van der Waals surface area (Å²) >= 11 is 0. The van der Waals surface area contributed by atoms with E-state index in [9.17, 15) is 13.6 Å². The van der Waals surface area contributed by atoms with Crippen LogP contribution in [0.4, 0.5) is 8.78 Å². The maximum absolute atomic E-state index is 14.2. The number of halogens is 2. The summed E-state index contributed by atoms with van der Waals surface area (Å²) in [6, 6.07) is 1.77. The molecular formula is C16H19F2N3O3. The maximum atomic E-state index is 14.2. The van der Waals surface area contributed by atoms with Gasteiger partial charge in [0.1, 0.15) is 11.5 Å². The van der Waals surface area contributed by atoms with Gasteiger partial charge in [0.05, 0.1) is 18.8 Å². The Morgan fingerprint density at radius 1 is 1.29 bits per heavy atom. The van der Waals surface area contributed by atoms with Gasteiger partial charge in [0.25, 0.3) is 0 Å². The first-order chi connectivity index (χ1) is 11.4. The van der Waals surface area contributed by atoms with Crippen molar-refractivity contribution in [2.45, 2.75) is 27.2 Å². The molecule has 2 rings (SSSR count). The third-order valence-electron chi connectivity index (χ3n) is 3.22. The minimum Gasteiger partial charge on any atom is -0.490 e. The summed E-state index contributed by atoms with van der Waals surface area (Å²) in [6.07, 6.45) is 0.694. The van der Waals surface area contributed by atoms with Crippen molar-refractivity contribution in [3.63, 3.8) is 0 Å². The Morgan fingerprint density at radius 2 is 2.04 bits per heavy atom. The standard InChI is InChI=1S/C16H19F2N3O3/c1-4-23-16(22)14-13(19-21-20-14)11-7-10(17)8-12(18)15(11)24-6-5-9(2)3/h7-9H,4-6H2,1-3H3,(H,19,20,21). The zero-order valence-corrected chi connectivity index (χ0v) is 13.7. The van der Waals surface area contributed by atoms with Crippen LogP contribution >= 0.6 is 0 Å². The van der Waals surface area contributed by atoms with Crippen LogP contribution in [0.3, 0.4) is 0 Å². The van der Waals surface area contributed by atoms with Gasteiger partial charge < -0.3 is 9.47 Å². The number of carbonyl (C=O) groups excluding carboxylic acids is 1. The Hall–Kier alpha value is -2.51. The molecule has 8 heteroatoms. The fourth-order valence-corrected chi connectivity index (χ4v) is 2.04. The molecule has 24 heavy (non-hydrogen) atoms. The molecule has 0 saturated carbocycles. The van der Waals surface area contributed by atoms with Gasteiger partial charge in [-0.1, -0.05) is 13.8 Å². The summed E-state index contributed by atoms with van der Waals surface area (Å²) in [4.78, 5) is 11.9. The van der Waals surface area contributed by atoms with Gasteiger partial charge in [-0.25, -0.2) is 13.6 Å². The molecule has 0 unspecified atom stereocenters. The predicted octanol–water partition coefficient (Wildman–Crippen LogP) is 3.35.